The molecule has 1 fully saturated rings. The van der Waals surface area contributed by atoms with Gasteiger partial charge >= 0.3 is 0 Å². The van der Waals surface area contributed by atoms with Gasteiger partial charge in [-0.25, -0.2) is 9.97 Å². The summed E-state index contributed by atoms with van der Waals surface area (Å²) in [5, 5.41) is 5.45. The Morgan fingerprint density at radius 3 is 2.58 bits per heavy atom. The molecule has 0 bridgehead atoms. The number of rotatable bonds is 4. The maximum absolute atomic E-state index is 6.09. The molecule has 0 radical (unpaired) electrons. The molecule has 3 aromatic rings. The number of hydrogen-bond donors (Lipinski definition) is 0. The van der Waals surface area contributed by atoms with Gasteiger partial charge in [-0.3, -0.25) is 4.68 Å². The predicted molar refractivity (Wildman–Crippen MR) is 104 cm³/mol. The molecule has 1 saturated heterocycles. The highest BCUT2D eigenvalue weighted by atomic mass is 35.5. The van der Waals surface area contributed by atoms with Crippen molar-refractivity contribution in [1.29, 1.82) is 0 Å². The Labute approximate surface area is 158 Å². The third kappa shape index (κ3) is 3.64. The molecule has 0 N–H and O–H groups in total. The summed E-state index contributed by atoms with van der Waals surface area (Å²) < 4.78 is 2.14. The second-order valence-electron chi connectivity index (χ2n) is 6.94. The molecule has 2 aromatic heterocycles. The van der Waals surface area contributed by atoms with E-state index in [4.69, 9.17) is 16.7 Å². The molecule has 0 saturated carbocycles. The number of likely N-dealkylation sites (tertiary alicyclic amines) is 1. The van der Waals surface area contributed by atoms with Gasteiger partial charge in [0.15, 0.2) is 0 Å². The molecule has 1 aliphatic heterocycles. The maximum Gasteiger partial charge on any atom is 0.116 e. The smallest absolute Gasteiger partial charge is 0.116 e. The van der Waals surface area contributed by atoms with Crippen molar-refractivity contribution >= 4 is 11.6 Å². The quantitative estimate of drug-likeness (QED) is 0.699. The minimum Gasteiger partial charge on any atom is -0.306 e. The lowest BCUT2D eigenvalue weighted by Crippen LogP contribution is -2.32. The summed E-state index contributed by atoms with van der Waals surface area (Å²) in [4.78, 5) is 10.9. The average Bonchev–Trinajstić information content (AvgIpc) is 3.08. The van der Waals surface area contributed by atoms with Gasteiger partial charge < -0.3 is 4.90 Å². The number of halogens is 1. The molecule has 0 spiro atoms. The third-order valence-corrected chi connectivity index (χ3v) is 5.34. The number of nitrogens with zero attached hydrogens (tertiary/aromatic N) is 5. The van der Waals surface area contributed by atoms with Crippen LogP contribution in [0.4, 0.5) is 0 Å². The molecule has 0 amide bonds. The van der Waals surface area contributed by atoms with Gasteiger partial charge in [-0.05, 0) is 57.1 Å². The molecule has 0 aliphatic carbocycles. The summed E-state index contributed by atoms with van der Waals surface area (Å²) in [6.07, 6.45) is 7.68. The Hall–Kier alpha value is -2.24. The van der Waals surface area contributed by atoms with Gasteiger partial charge in [-0.1, -0.05) is 23.7 Å². The van der Waals surface area contributed by atoms with Crippen molar-refractivity contribution in [2.75, 3.05) is 20.1 Å². The van der Waals surface area contributed by atoms with Crippen molar-refractivity contribution in [3.05, 3.63) is 54.1 Å². The number of piperidine rings is 1. The van der Waals surface area contributed by atoms with E-state index in [0.717, 1.165) is 47.2 Å². The largest absolute Gasteiger partial charge is 0.306 e. The fourth-order valence-corrected chi connectivity index (χ4v) is 3.69. The van der Waals surface area contributed by atoms with Crippen molar-refractivity contribution < 1.29 is 0 Å². The average molecular weight is 368 g/mol. The van der Waals surface area contributed by atoms with Crippen LogP contribution in [0, 0.1) is 5.92 Å². The zero-order chi connectivity index (χ0) is 17.9. The Bertz CT molecular complexity index is 852. The Morgan fingerprint density at radius 1 is 1.12 bits per heavy atom. The van der Waals surface area contributed by atoms with Gasteiger partial charge in [0.25, 0.3) is 0 Å². The van der Waals surface area contributed by atoms with Gasteiger partial charge in [-0.15, -0.1) is 0 Å². The van der Waals surface area contributed by atoms with Crippen LogP contribution in [0.25, 0.3) is 22.5 Å². The molecular formula is C20H22ClN5. The summed E-state index contributed by atoms with van der Waals surface area (Å²) in [6.45, 7) is 3.23. The maximum atomic E-state index is 6.09. The van der Waals surface area contributed by atoms with Crippen LogP contribution in [0.2, 0.25) is 5.02 Å². The summed E-state index contributed by atoms with van der Waals surface area (Å²) >= 11 is 6.09. The first-order chi connectivity index (χ1) is 12.7. The van der Waals surface area contributed by atoms with Gasteiger partial charge in [0.2, 0.25) is 0 Å². The fourth-order valence-electron chi connectivity index (χ4n) is 3.56. The van der Waals surface area contributed by atoms with E-state index in [0.29, 0.717) is 5.92 Å². The lowest BCUT2D eigenvalue weighted by Gasteiger charge is -2.29. The highest BCUT2D eigenvalue weighted by Gasteiger charge is 2.21. The number of hydrogen-bond acceptors (Lipinski definition) is 4. The second-order valence-corrected chi connectivity index (χ2v) is 7.37. The molecule has 1 aromatic carbocycles. The van der Waals surface area contributed by atoms with Gasteiger partial charge in [-0.2, -0.15) is 5.10 Å². The molecule has 134 valence electrons. The van der Waals surface area contributed by atoms with Gasteiger partial charge in [0.1, 0.15) is 6.33 Å². The van der Waals surface area contributed by atoms with Crippen LogP contribution in [0.5, 0.6) is 0 Å². The van der Waals surface area contributed by atoms with Gasteiger partial charge in [0.05, 0.1) is 17.6 Å². The molecule has 4 rings (SSSR count). The topological polar surface area (TPSA) is 46.8 Å². The van der Waals surface area contributed by atoms with E-state index < -0.39 is 0 Å². The van der Waals surface area contributed by atoms with Crippen molar-refractivity contribution in [3.8, 4) is 22.5 Å². The van der Waals surface area contributed by atoms with Crippen molar-refractivity contribution in [2.24, 2.45) is 5.92 Å². The van der Waals surface area contributed by atoms with Crippen LogP contribution in [0.15, 0.2) is 49.1 Å². The molecular weight excluding hydrogens is 346 g/mol. The first-order valence-electron chi connectivity index (χ1n) is 8.97. The van der Waals surface area contributed by atoms with Crippen LogP contribution in [0.3, 0.4) is 0 Å². The van der Waals surface area contributed by atoms with E-state index in [1.165, 1.54) is 12.8 Å². The predicted octanol–water partition coefficient (Wildman–Crippen LogP) is 4.00. The Morgan fingerprint density at radius 2 is 1.88 bits per heavy atom. The monoisotopic (exact) mass is 367 g/mol. The van der Waals surface area contributed by atoms with Crippen LogP contribution in [-0.4, -0.2) is 44.8 Å². The first-order valence-corrected chi connectivity index (χ1v) is 9.35. The zero-order valence-electron chi connectivity index (χ0n) is 14.8. The number of benzene rings is 1. The fraction of sp³-hybridized carbons (Fsp3) is 0.350. The molecule has 0 unspecified atom stereocenters. The third-order valence-electron chi connectivity index (χ3n) is 5.08. The van der Waals surface area contributed by atoms with Crippen LogP contribution in [-0.2, 0) is 6.54 Å². The second kappa shape index (κ2) is 7.56. The number of aromatic nitrogens is 4. The molecule has 3 heterocycles. The standard InChI is InChI=1S/C20H22ClN5/c1-25-10-7-15(8-11-25)13-26-20(16-2-4-17(21)5-3-16)18(12-24-26)19-6-9-22-14-23-19/h2-6,9,12,14-15H,7-8,10-11,13H2,1H3. The van der Waals surface area contributed by atoms with Crippen LogP contribution >= 0.6 is 11.6 Å². The lowest BCUT2D eigenvalue weighted by atomic mass is 9.96. The SMILES string of the molecule is CN1CCC(Cn2ncc(-c3ccncn3)c2-c2ccc(Cl)cc2)CC1. The van der Waals surface area contributed by atoms with E-state index in [1.54, 1.807) is 12.5 Å². The molecule has 5 nitrogen and oxygen atoms in total. The normalized spacial score (nSPS) is 16.1. The van der Waals surface area contributed by atoms with E-state index in [2.05, 4.69) is 38.7 Å². The summed E-state index contributed by atoms with van der Waals surface area (Å²) in [7, 11) is 2.19. The van der Waals surface area contributed by atoms with Gasteiger partial charge in [0, 0.05) is 28.9 Å². The van der Waals surface area contributed by atoms with Crippen LogP contribution in [0.1, 0.15) is 12.8 Å². The highest BCUT2D eigenvalue weighted by molar-refractivity contribution is 6.30. The minimum atomic E-state index is 0.649. The zero-order valence-corrected chi connectivity index (χ0v) is 15.6. The Balaban J connectivity index is 1.72. The molecule has 0 atom stereocenters. The van der Waals surface area contributed by atoms with E-state index in [9.17, 15) is 0 Å². The van der Waals surface area contributed by atoms with Crippen molar-refractivity contribution in [3.63, 3.8) is 0 Å². The van der Waals surface area contributed by atoms with E-state index in [1.807, 2.05) is 24.4 Å². The lowest BCUT2D eigenvalue weighted by molar-refractivity contribution is 0.202. The molecule has 26 heavy (non-hydrogen) atoms. The van der Waals surface area contributed by atoms with Crippen molar-refractivity contribution in [2.45, 2.75) is 19.4 Å². The summed E-state index contributed by atoms with van der Waals surface area (Å²) in [6, 6.07) is 9.88. The van der Waals surface area contributed by atoms with E-state index in [-0.39, 0.29) is 0 Å². The molecule has 6 heteroatoms. The summed E-state index contributed by atoms with van der Waals surface area (Å²) in [5.74, 6) is 0.649. The first kappa shape index (κ1) is 17.2. The van der Waals surface area contributed by atoms with Crippen molar-refractivity contribution in [1.82, 2.24) is 24.6 Å². The van der Waals surface area contributed by atoms with E-state index >= 15 is 0 Å². The Kier molecular flexibility index (Phi) is 5.00. The highest BCUT2D eigenvalue weighted by Crippen LogP contribution is 2.33. The minimum absolute atomic E-state index is 0.649. The molecule has 1 aliphatic rings. The van der Waals surface area contributed by atoms with Crippen LogP contribution < -0.4 is 0 Å². The summed E-state index contributed by atoms with van der Waals surface area (Å²) in [5.41, 5.74) is 4.12.